The molecule has 3 aromatic rings. The molecule has 3 heterocycles. The van der Waals surface area contributed by atoms with E-state index in [1.807, 2.05) is 77.6 Å². The Hall–Kier alpha value is -3.36. The zero-order valence-electron chi connectivity index (χ0n) is 19.4. The van der Waals surface area contributed by atoms with E-state index in [4.69, 9.17) is 0 Å². The van der Waals surface area contributed by atoms with E-state index in [-0.39, 0.29) is 24.2 Å². The van der Waals surface area contributed by atoms with Gasteiger partial charge in [0.15, 0.2) is 9.84 Å². The fraction of sp³-hybridized carbons (Fsp3) is 0.296. The molecule has 35 heavy (non-hydrogen) atoms. The van der Waals surface area contributed by atoms with Crippen molar-refractivity contribution in [1.29, 1.82) is 0 Å². The molecule has 2 aliphatic heterocycles. The number of nitrogens with zero attached hydrogens (tertiary/aromatic N) is 3. The number of para-hydroxylation sites is 1. The lowest BCUT2D eigenvalue weighted by Gasteiger charge is -2.30. The summed E-state index contributed by atoms with van der Waals surface area (Å²) in [6.07, 6.45) is 6.07. The number of hydrogen-bond donors (Lipinski definition) is 1. The number of aliphatic hydroxyl groups is 1. The molecule has 1 N–H and O–H groups in total. The standard InChI is InChI=1S/C27H29N3O4S/c31-25-11-15-29(19-25)26-6-2-1-5-22(26)18-30(24-12-16-35(33,34)20-24)27(32)17-21-7-9-23(10-8-21)28-13-3-4-14-28/h1-10,12-14,16,24-25,31H,11,15,17-20H2. The van der Waals surface area contributed by atoms with Crippen LogP contribution in [-0.2, 0) is 27.6 Å². The number of aliphatic hydroxyl groups excluding tert-OH is 1. The van der Waals surface area contributed by atoms with Crippen LogP contribution < -0.4 is 4.90 Å². The quantitative estimate of drug-likeness (QED) is 0.550. The summed E-state index contributed by atoms with van der Waals surface area (Å²) in [6.45, 7) is 1.60. The van der Waals surface area contributed by atoms with Gasteiger partial charge in [-0.3, -0.25) is 4.79 Å². The van der Waals surface area contributed by atoms with Gasteiger partial charge >= 0.3 is 0 Å². The Labute approximate surface area is 205 Å². The number of benzene rings is 2. The molecule has 0 aliphatic carbocycles. The Balaban J connectivity index is 1.38. The second kappa shape index (κ2) is 9.71. The first-order valence-electron chi connectivity index (χ1n) is 11.8. The van der Waals surface area contributed by atoms with Gasteiger partial charge in [-0.05, 0) is 54.0 Å². The largest absolute Gasteiger partial charge is 0.391 e. The van der Waals surface area contributed by atoms with Gasteiger partial charge in [0.05, 0.1) is 24.3 Å². The summed E-state index contributed by atoms with van der Waals surface area (Å²) in [7, 11) is -3.32. The number of carbonyl (C=O) groups is 1. The van der Waals surface area contributed by atoms with Crippen molar-refractivity contribution in [2.45, 2.75) is 31.5 Å². The van der Waals surface area contributed by atoms with Crippen LogP contribution in [0.1, 0.15) is 17.5 Å². The van der Waals surface area contributed by atoms with E-state index < -0.39 is 15.9 Å². The molecule has 1 amide bonds. The summed E-state index contributed by atoms with van der Waals surface area (Å²) in [6, 6.07) is 19.1. The molecule has 2 aliphatic rings. The number of aromatic nitrogens is 1. The molecule has 2 aromatic carbocycles. The van der Waals surface area contributed by atoms with Crippen LogP contribution >= 0.6 is 0 Å². The highest BCUT2D eigenvalue weighted by atomic mass is 32.2. The highest BCUT2D eigenvalue weighted by Gasteiger charge is 2.31. The summed E-state index contributed by atoms with van der Waals surface area (Å²) in [4.78, 5) is 17.4. The zero-order chi connectivity index (χ0) is 24.4. The van der Waals surface area contributed by atoms with E-state index in [0.717, 1.165) is 29.0 Å². The average Bonchev–Trinajstić information content (AvgIpc) is 3.60. The van der Waals surface area contributed by atoms with Gasteiger partial charge in [-0.2, -0.15) is 0 Å². The SMILES string of the molecule is O=C(Cc1ccc(-n2cccc2)cc1)N(Cc1ccccc1N1CCC(O)C1)C1C=CS(=O)(=O)C1. The smallest absolute Gasteiger partial charge is 0.227 e. The van der Waals surface area contributed by atoms with E-state index in [9.17, 15) is 18.3 Å². The molecule has 182 valence electrons. The van der Waals surface area contributed by atoms with Gasteiger partial charge in [0.25, 0.3) is 0 Å². The van der Waals surface area contributed by atoms with Gasteiger partial charge in [-0.1, -0.05) is 30.3 Å². The van der Waals surface area contributed by atoms with Crippen molar-refractivity contribution < 1.29 is 18.3 Å². The molecule has 0 spiro atoms. The lowest BCUT2D eigenvalue weighted by molar-refractivity contribution is -0.132. The third-order valence-corrected chi connectivity index (χ3v) is 8.04. The molecule has 8 heteroatoms. The first-order valence-corrected chi connectivity index (χ1v) is 13.5. The lowest BCUT2D eigenvalue weighted by atomic mass is 10.1. The summed E-state index contributed by atoms with van der Waals surface area (Å²) in [5.74, 6) is -0.225. The maximum atomic E-state index is 13.6. The predicted octanol–water partition coefficient (Wildman–Crippen LogP) is 2.93. The summed E-state index contributed by atoms with van der Waals surface area (Å²) >= 11 is 0. The second-order valence-electron chi connectivity index (χ2n) is 9.20. The fourth-order valence-electron chi connectivity index (χ4n) is 4.81. The van der Waals surface area contributed by atoms with E-state index in [2.05, 4.69) is 4.90 Å². The van der Waals surface area contributed by atoms with Crippen LogP contribution in [0.25, 0.3) is 5.69 Å². The molecule has 1 fully saturated rings. The Morgan fingerprint density at radius 1 is 1.03 bits per heavy atom. The molecule has 2 atom stereocenters. The maximum absolute atomic E-state index is 13.6. The van der Waals surface area contributed by atoms with Gasteiger partial charge in [0.1, 0.15) is 0 Å². The highest BCUT2D eigenvalue weighted by Crippen LogP contribution is 2.28. The zero-order valence-corrected chi connectivity index (χ0v) is 20.2. The van der Waals surface area contributed by atoms with Gasteiger partial charge in [-0.25, -0.2) is 8.42 Å². The molecule has 7 nitrogen and oxygen atoms in total. The van der Waals surface area contributed by atoms with Crippen molar-refractivity contribution in [3.63, 3.8) is 0 Å². The molecule has 1 aromatic heterocycles. The van der Waals surface area contributed by atoms with Crippen molar-refractivity contribution in [2.75, 3.05) is 23.7 Å². The van der Waals surface area contributed by atoms with E-state index in [1.54, 1.807) is 11.0 Å². The number of sulfone groups is 1. The molecule has 2 unspecified atom stereocenters. The van der Waals surface area contributed by atoms with Crippen molar-refractivity contribution >= 4 is 21.4 Å². The molecule has 0 bridgehead atoms. The normalized spacial score (nSPS) is 20.9. The van der Waals surface area contributed by atoms with Crippen LogP contribution in [0.5, 0.6) is 0 Å². The van der Waals surface area contributed by atoms with Crippen molar-refractivity contribution in [3.8, 4) is 5.69 Å². The maximum Gasteiger partial charge on any atom is 0.227 e. The molecule has 5 rings (SSSR count). The van der Waals surface area contributed by atoms with E-state index >= 15 is 0 Å². The summed E-state index contributed by atoms with van der Waals surface area (Å²) in [5, 5.41) is 11.2. The van der Waals surface area contributed by atoms with Crippen molar-refractivity contribution in [2.24, 2.45) is 0 Å². The Kier molecular flexibility index (Phi) is 6.49. The monoisotopic (exact) mass is 491 g/mol. The first kappa shape index (κ1) is 23.4. The van der Waals surface area contributed by atoms with Crippen molar-refractivity contribution in [1.82, 2.24) is 9.47 Å². The number of anilines is 1. The fourth-order valence-corrected chi connectivity index (χ4v) is 6.11. The van der Waals surface area contributed by atoms with Gasteiger partial charge in [0.2, 0.25) is 5.91 Å². The third kappa shape index (κ3) is 5.33. The van der Waals surface area contributed by atoms with Crippen LogP contribution in [0.3, 0.4) is 0 Å². The molecule has 0 saturated carbocycles. The van der Waals surface area contributed by atoms with Crippen LogP contribution in [0.2, 0.25) is 0 Å². The highest BCUT2D eigenvalue weighted by molar-refractivity contribution is 7.94. The Morgan fingerprint density at radius 2 is 1.77 bits per heavy atom. The number of carbonyl (C=O) groups excluding carboxylic acids is 1. The van der Waals surface area contributed by atoms with E-state index in [1.165, 1.54) is 5.41 Å². The topological polar surface area (TPSA) is 82.8 Å². The second-order valence-corrected chi connectivity index (χ2v) is 11.1. The van der Waals surface area contributed by atoms with Gasteiger partial charge in [-0.15, -0.1) is 0 Å². The minimum Gasteiger partial charge on any atom is -0.391 e. The van der Waals surface area contributed by atoms with Crippen LogP contribution in [-0.4, -0.2) is 59.9 Å². The first-order chi connectivity index (χ1) is 16.9. The van der Waals surface area contributed by atoms with Crippen LogP contribution in [0, 0.1) is 0 Å². The van der Waals surface area contributed by atoms with Gasteiger partial charge in [0, 0.05) is 48.8 Å². The average molecular weight is 492 g/mol. The summed E-state index contributed by atoms with van der Waals surface area (Å²) in [5.41, 5.74) is 3.80. The molecular formula is C27H29N3O4S. The molecule has 0 radical (unpaired) electrons. The Bertz CT molecular complexity index is 1320. The summed E-state index contributed by atoms with van der Waals surface area (Å²) < 4.78 is 26.4. The molecule has 1 saturated heterocycles. The van der Waals surface area contributed by atoms with Crippen molar-refractivity contribution in [3.05, 3.63) is 95.7 Å². The number of hydrogen-bond acceptors (Lipinski definition) is 5. The predicted molar refractivity (Wildman–Crippen MR) is 136 cm³/mol. The Morgan fingerprint density at radius 3 is 2.43 bits per heavy atom. The van der Waals surface area contributed by atoms with Crippen LogP contribution in [0.15, 0.2) is 84.5 Å². The third-order valence-electron chi connectivity index (χ3n) is 6.66. The minimum absolute atomic E-state index is 0.101. The minimum atomic E-state index is -3.32. The number of β-amino-alcohol motifs (C(OH)–C–C–N with tert-alkyl or cyclic N) is 1. The number of amides is 1. The molecular weight excluding hydrogens is 462 g/mol. The van der Waals surface area contributed by atoms with Gasteiger partial charge < -0.3 is 19.5 Å². The lowest BCUT2D eigenvalue weighted by Crippen LogP contribution is -2.41. The van der Waals surface area contributed by atoms with E-state index in [0.29, 0.717) is 19.5 Å². The van der Waals surface area contributed by atoms with Crippen LogP contribution in [0.4, 0.5) is 5.69 Å². The number of rotatable bonds is 7.